The fourth-order valence-electron chi connectivity index (χ4n) is 3.92. The Morgan fingerprint density at radius 3 is 2.67 bits per heavy atom. The number of phenolic OH excluding ortho intramolecular Hbond substituents is 1. The lowest BCUT2D eigenvalue weighted by molar-refractivity contribution is 0.00750. The number of hydrogen-bond acceptors (Lipinski definition) is 2. The van der Waals surface area contributed by atoms with Gasteiger partial charge in [0.25, 0.3) is 0 Å². The van der Waals surface area contributed by atoms with E-state index in [2.05, 4.69) is 46.8 Å². The van der Waals surface area contributed by atoms with Crippen LogP contribution in [0.25, 0.3) is 0 Å². The third-order valence-electron chi connectivity index (χ3n) is 5.19. The van der Waals surface area contributed by atoms with Crippen molar-refractivity contribution in [2.75, 3.05) is 0 Å². The molecule has 0 unspecified atom stereocenters. The van der Waals surface area contributed by atoms with Crippen molar-refractivity contribution in [3.8, 4) is 11.5 Å². The molecule has 1 N–H and O–H groups in total. The standard InChI is InChI=1S/C19H26O2/c1-11(2)13-9-16(20)18-14-8-12(3)6-7-15(14)19(4,5)21-17(18)10-13/h6,9-11,14-15,20H,7-8H2,1-5H3/t14-,15-/m1/s1. The van der Waals surface area contributed by atoms with Gasteiger partial charge in [0.05, 0.1) is 0 Å². The van der Waals surface area contributed by atoms with E-state index >= 15 is 0 Å². The summed E-state index contributed by atoms with van der Waals surface area (Å²) in [6.07, 6.45) is 4.39. The maximum atomic E-state index is 10.6. The van der Waals surface area contributed by atoms with Gasteiger partial charge in [0.15, 0.2) is 0 Å². The van der Waals surface area contributed by atoms with Gasteiger partial charge in [-0.1, -0.05) is 25.5 Å². The van der Waals surface area contributed by atoms with Gasteiger partial charge >= 0.3 is 0 Å². The molecule has 3 rings (SSSR count). The second-order valence-corrected chi connectivity index (χ2v) is 7.52. The predicted octanol–water partition coefficient (Wildman–Crippen LogP) is 5.13. The first-order valence-electron chi connectivity index (χ1n) is 8.01. The summed E-state index contributed by atoms with van der Waals surface area (Å²) >= 11 is 0. The van der Waals surface area contributed by atoms with Crippen LogP contribution in [-0.4, -0.2) is 10.7 Å². The van der Waals surface area contributed by atoms with Gasteiger partial charge in [-0.2, -0.15) is 0 Å². The molecule has 0 aromatic heterocycles. The molecule has 2 nitrogen and oxygen atoms in total. The van der Waals surface area contributed by atoms with Gasteiger partial charge in [-0.3, -0.25) is 0 Å². The maximum absolute atomic E-state index is 10.6. The summed E-state index contributed by atoms with van der Waals surface area (Å²) in [5, 5.41) is 10.6. The number of rotatable bonds is 1. The third kappa shape index (κ3) is 2.35. The van der Waals surface area contributed by atoms with Crippen LogP contribution in [0.4, 0.5) is 0 Å². The lowest BCUT2D eigenvalue weighted by atomic mass is 9.67. The van der Waals surface area contributed by atoms with E-state index in [0.29, 0.717) is 23.5 Å². The number of hydrogen-bond donors (Lipinski definition) is 1. The van der Waals surface area contributed by atoms with E-state index in [-0.39, 0.29) is 5.60 Å². The molecule has 0 saturated carbocycles. The Morgan fingerprint density at radius 1 is 1.29 bits per heavy atom. The number of allylic oxidation sites excluding steroid dienone is 2. The Morgan fingerprint density at radius 2 is 2.00 bits per heavy atom. The first kappa shape index (κ1) is 14.5. The molecule has 0 fully saturated rings. The van der Waals surface area contributed by atoms with Crippen LogP contribution in [0.5, 0.6) is 11.5 Å². The number of phenols is 1. The largest absolute Gasteiger partial charge is 0.508 e. The maximum Gasteiger partial charge on any atom is 0.127 e. The molecule has 21 heavy (non-hydrogen) atoms. The van der Waals surface area contributed by atoms with Crippen molar-refractivity contribution in [2.45, 2.75) is 64.9 Å². The van der Waals surface area contributed by atoms with Crippen LogP contribution in [0.3, 0.4) is 0 Å². The van der Waals surface area contributed by atoms with Crippen LogP contribution in [0.15, 0.2) is 23.8 Å². The van der Waals surface area contributed by atoms with Crippen molar-refractivity contribution in [1.29, 1.82) is 0 Å². The van der Waals surface area contributed by atoms with Gasteiger partial charge in [0.1, 0.15) is 17.1 Å². The van der Waals surface area contributed by atoms with Crippen molar-refractivity contribution in [2.24, 2.45) is 5.92 Å². The lowest BCUT2D eigenvalue weighted by Gasteiger charge is -2.47. The minimum absolute atomic E-state index is 0.184. The molecule has 1 heterocycles. The third-order valence-corrected chi connectivity index (χ3v) is 5.19. The van der Waals surface area contributed by atoms with Crippen LogP contribution in [-0.2, 0) is 0 Å². The Kier molecular flexibility index (Phi) is 3.31. The highest BCUT2D eigenvalue weighted by Crippen LogP contribution is 2.54. The quantitative estimate of drug-likeness (QED) is 0.725. The van der Waals surface area contributed by atoms with Crippen LogP contribution < -0.4 is 4.74 Å². The minimum atomic E-state index is -0.184. The van der Waals surface area contributed by atoms with Crippen LogP contribution in [0.2, 0.25) is 0 Å². The zero-order valence-electron chi connectivity index (χ0n) is 13.7. The highest BCUT2D eigenvalue weighted by molar-refractivity contribution is 5.53. The Hall–Kier alpha value is -1.44. The van der Waals surface area contributed by atoms with Crippen LogP contribution in [0, 0.1) is 5.92 Å². The molecule has 0 spiro atoms. The molecular weight excluding hydrogens is 260 g/mol. The van der Waals surface area contributed by atoms with E-state index in [4.69, 9.17) is 4.74 Å². The summed E-state index contributed by atoms with van der Waals surface area (Å²) in [4.78, 5) is 0. The van der Waals surface area contributed by atoms with E-state index in [1.54, 1.807) is 0 Å². The van der Waals surface area contributed by atoms with Crippen molar-refractivity contribution in [3.05, 3.63) is 34.9 Å². The van der Waals surface area contributed by atoms with E-state index in [1.165, 1.54) is 5.57 Å². The molecule has 0 bridgehead atoms. The van der Waals surface area contributed by atoms with E-state index in [9.17, 15) is 5.11 Å². The highest BCUT2D eigenvalue weighted by Gasteiger charge is 2.45. The van der Waals surface area contributed by atoms with Crippen molar-refractivity contribution < 1.29 is 9.84 Å². The molecule has 1 aromatic carbocycles. The molecule has 1 aliphatic heterocycles. The van der Waals surface area contributed by atoms with Crippen LogP contribution in [0.1, 0.15) is 70.4 Å². The van der Waals surface area contributed by atoms with Crippen molar-refractivity contribution >= 4 is 0 Å². The second kappa shape index (κ2) is 4.79. The van der Waals surface area contributed by atoms with Gasteiger partial charge in [0.2, 0.25) is 0 Å². The summed E-state index contributed by atoms with van der Waals surface area (Å²) < 4.78 is 6.31. The van der Waals surface area contributed by atoms with Gasteiger partial charge in [-0.05, 0) is 57.2 Å². The topological polar surface area (TPSA) is 29.5 Å². The monoisotopic (exact) mass is 286 g/mol. The molecule has 0 radical (unpaired) electrons. The molecule has 0 saturated heterocycles. The number of aromatic hydroxyl groups is 1. The Labute approximate surface area is 127 Å². The van der Waals surface area contributed by atoms with Gasteiger partial charge < -0.3 is 9.84 Å². The molecule has 2 atom stereocenters. The van der Waals surface area contributed by atoms with Crippen LogP contribution >= 0.6 is 0 Å². The summed E-state index contributed by atoms with van der Waals surface area (Å²) in [5.74, 6) is 2.49. The summed E-state index contributed by atoms with van der Waals surface area (Å²) in [6, 6.07) is 4.06. The van der Waals surface area contributed by atoms with Crippen molar-refractivity contribution in [3.63, 3.8) is 0 Å². The molecule has 0 amide bonds. The van der Waals surface area contributed by atoms with E-state index in [1.807, 2.05) is 6.07 Å². The highest BCUT2D eigenvalue weighted by atomic mass is 16.5. The number of fused-ring (bicyclic) bond motifs is 3. The minimum Gasteiger partial charge on any atom is -0.508 e. The SMILES string of the molecule is CC1=CC[C@@H]2[C@@H](C1)c1c(O)cc(C(C)C)cc1OC2(C)C. The Bertz CT molecular complexity index is 596. The summed E-state index contributed by atoms with van der Waals surface area (Å²) in [6.45, 7) is 10.8. The first-order chi connectivity index (χ1) is 9.79. The molecule has 114 valence electrons. The zero-order valence-corrected chi connectivity index (χ0v) is 13.7. The summed E-state index contributed by atoms with van der Waals surface area (Å²) in [5.41, 5.74) is 3.41. The summed E-state index contributed by atoms with van der Waals surface area (Å²) in [7, 11) is 0. The normalized spacial score (nSPS) is 26.7. The average Bonchev–Trinajstić information content (AvgIpc) is 2.36. The first-order valence-corrected chi connectivity index (χ1v) is 8.01. The zero-order chi connectivity index (χ0) is 15.4. The van der Waals surface area contributed by atoms with E-state index in [0.717, 1.165) is 29.7 Å². The molecule has 2 aliphatic rings. The lowest BCUT2D eigenvalue weighted by Crippen LogP contribution is -2.45. The molecular formula is C19H26O2. The fraction of sp³-hybridized carbons (Fsp3) is 0.579. The number of benzene rings is 1. The smallest absolute Gasteiger partial charge is 0.127 e. The molecule has 1 aliphatic carbocycles. The number of ether oxygens (including phenoxy) is 1. The van der Waals surface area contributed by atoms with E-state index < -0.39 is 0 Å². The predicted molar refractivity (Wildman–Crippen MR) is 86.1 cm³/mol. The van der Waals surface area contributed by atoms with Crippen molar-refractivity contribution in [1.82, 2.24) is 0 Å². The second-order valence-electron chi connectivity index (χ2n) is 7.52. The fourth-order valence-corrected chi connectivity index (χ4v) is 3.92. The van der Waals surface area contributed by atoms with Gasteiger partial charge in [-0.25, -0.2) is 0 Å². The Balaban J connectivity index is 2.14. The molecule has 2 heteroatoms. The van der Waals surface area contributed by atoms with Gasteiger partial charge in [-0.15, -0.1) is 0 Å². The van der Waals surface area contributed by atoms with Gasteiger partial charge in [0, 0.05) is 17.4 Å². The molecule has 1 aromatic rings. The average molecular weight is 286 g/mol.